The summed E-state index contributed by atoms with van der Waals surface area (Å²) in [5.41, 5.74) is 4.47. The lowest BCUT2D eigenvalue weighted by Gasteiger charge is -2.07. The Morgan fingerprint density at radius 3 is 2.79 bits per heavy atom. The second-order valence-corrected chi connectivity index (χ2v) is 6.76. The maximum Gasteiger partial charge on any atom is 0.280 e. The first-order chi connectivity index (χ1) is 13.7. The number of benzene rings is 1. The quantitative estimate of drug-likeness (QED) is 0.490. The lowest BCUT2D eigenvalue weighted by Crippen LogP contribution is -2.22. The highest BCUT2D eigenvalue weighted by Gasteiger charge is 2.10. The van der Waals surface area contributed by atoms with Crippen LogP contribution in [0.3, 0.4) is 0 Å². The summed E-state index contributed by atoms with van der Waals surface area (Å²) in [7, 11) is 2.02. The molecule has 4 heterocycles. The minimum Gasteiger partial charge on any atom is -0.351 e. The molecular weight excluding hydrogens is 350 g/mol. The van der Waals surface area contributed by atoms with Crippen molar-refractivity contribution in [2.24, 2.45) is 7.05 Å². The van der Waals surface area contributed by atoms with E-state index in [9.17, 15) is 4.79 Å². The highest BCUT2D eigenvalue weighted by molar-refractivity contribution is 5.86. The van der Waals surface area contributed by atoms with Crippen LogP contribution in [0.2, 0.25) is 0 Å². The molecule has 0 bridgehead atoms. The Kier molecular flexibility index (Phi) is 3.76. The van der Waals surface area contributed by atoms with Crippen molar-refractivity contribution in [1.82, 2.24) is 24.1 Å². The minimum absolute atomic E-state index is 0.168. The summed E-state index contributed by atoms with van der Waals surface area (Å²) < 4.78 is 3.62. The van der Waals surface area contributed by atoms with Crippen molar-refractivity contribution < 1.29 is 0 Å². The van der Waals surface area contributed by atoms with Gasteiger partial charge in [0.25, 0.3) is 5.56 Å². The molecule has 0 unspecified atom stereocenters. The Balaban J connectivity index is 1.60. The van der Waals surface area contributed by atoms with Crippen LogP contribution in [0.5, 0.6) is 0 Å². The Morgan fingerprint density at radius 2 is 1.93 bits per heavy atom. The molecule has 0 saturated carbocycles. The van der Waals surface area contributed by atoms with Crippen molar-refractivity contribution in [3.05, 3.63) is 89.4 Å². The molecule has 0 N–H and O–H groups in total. The van der Waals surface area contributed by atoms with Gasteiger partial charge in [-0.05, 0) is 42.5 Å². The molecule has 0 spiro atoms. The van der Waals surface area contributed by atoms with Crippen molar-refractivity contribution >= 4 is 21.9 Å². The van der Waals surface area contributed by atoms with Crippen molar-refractivity contribution in [3.8, 4) is 11.3 Å². The zero-order chi connectivity index (χ0) is 19.1. The predicted molar refractivity (Wildman–Crippen MR) is 109 cm³/mol. The molecule has 0 aliphatic heterocycles. The zero-order valence-corrected chi connectivity index (χ0v) is 15.3. The van der Waals surface area contributed by atoms with Gasteiger partial charge in [-0.1, -0.05) is 12.1 Å². The number of pyridine rings is 2. The second kappa shape index (κ2) is 6.42. The smallest absolute Gasteiger partial charge is 0.280 e. The lowest BCUT2D eigenvalue weighted by molar-refractivity contribution is 0.728. The zero-order valence-electron chi connectivity index (χ0n) is 15.3. The van der Waals surface area contributed by atoms with E-state index in [1.807, 2.05) is 49.6 Å². The van der Waals surface area contributed by atoms with Gasteiger partial charge in [0.05, 0.1) is 29.8 Å². The maximum absolute atomic E-state index is 13.0. The second-order valence-electron chi connectivity index (χ2n) is 6.76. The molecule has 0 amide bonds. The standard InChI is InChI=1S/C22H17N5O/c1-26-11-9-16-12-15(5-8-20(16)26)18-6-7-19-21(25-18)22(28)27(14-24-19)13-17-4-2-3-10-23-17/h2-12,14H,13H2,1H3. The van der Waals surface area contributed by atoms with E-state index < -0.39 is 0 Å². The van der Waals surface area contributed by atoms with E-state index in [0.29, 0.717) is 17.6 Å². The summed E-state index contributed by atoms with van der Waals surface area (Å²) >= 11 is 0. The third-order valence-electron chi connectivity index (χ3n) is 4.91. The minimum atomic E-state index is -0.168. The van der Waals surface area contributed by atoms with E-state index in [1.54, 1.807) is 17.1 Å². The molecule has 0 atom stereocenters. The highest BCUT2D eigenvalue weighted by atomic mass is 16.1. The molecule has 5 rings (SSSR count). The van der Waals surface area contributed by atoms with E-state index in [0.717, 1.165) is 27.9 Å². The Labute approximate surface area is 160 Å². The van der Waals surface area contributed by atoms with Crippen molar-refractivity contribution in [1.29, 1.82) is 0 Å². The molecule has 28 heavy (non-hydrogen) atoms. The fourth-order valence-electron chi connectivity index (χ4n) is 3.41. The molecule has 4 aromatic heterocycles. The van der Waals surface area contributed by atoms with Gasteiger partial charge in [-0.25, -0.2) is 9.97 Å². The van der Waals surface area contributed by atoms with E-state index >= 15 is 0 Å². The number of hydrogen-bond donors (Lipinski definition) is 0. The Bertz CT molecular complexity index is 1370. The van der Waals surface area contributed by atoms with Crippen LogP contribution >= 0.6 is 0 Å². The molecule has 6 heteroatoms. The summed E-state index contributed by atoms with van der Waals surface area (Å²) in [6.45, 7) is 0.366. The molecule has 1 aromatic carbocycles. The van der Waals surface area contributed by atoms with Gasteiger partial charge in [-0.15, -0.1) is 0 Å². The summed E-state index contributed by atoms with van der Waals surface area (Å²) in [6, 6.07) is 17.6. The van der Waals surface area contributed by atoms with E-state index in [2.05, 4.69) is 37.7 Å². The molecule has 0 aliphatic carbocycles. The van der Waals surface area contributed by atoms with Crippen molar-refractivity contribution in [2.75, 3.05) is 0 Å². The van der Waals surface area contributed by atoms with Crippen LogP contribution < -0.4 is 5.56 Å². The van der Waals surface area contributed by atoms with E-state index in [-0.39, 0.29) is 5.56 Å². The van der Waals surface area contributed by atoms with Gasteiger partial charge in [0.15, 0.2) is 5.52 Å². The average molecular weight is 367 g/mol. The average Bonchev–Trinajstić information content (AvgIpc) is 3.11. The number of nitrogens with zero attached hydrogens (tertiary/aromatic N) is 5. The first-order valence-corrected chi connectivity index (χ1v) is 9.00. The normalized spacial score (nSPS) is 11.3. The van der Waals surface area contributed by atoms with Crippen molar-refractivity contribution in [2.45, 2.75) is 6.54 Å². The van der Waals surface area contributed by atoms with Crippen molar-refractivity contribution in [3.63, 3.8) is 0 Å². The lowest BCUT2D eigenvalue weighted by atomic mass is 10.1. The Hall–Kier alpha value is -3.80. The third-order valence-corrected chi connectivity index (χ3v) is 4.91. The van der Waals surface area contributed by atoms with Crippen LogP contribution in [0.4, 0.5) is 0 Å². The number of fused-ring (bicyclic) bond motifs is 2. The van der Waals surface area contributed by atoms with Gasteiger partial charge in [0, 0.05) is 35.9 Å². The maximum atomic E-state index is 13.0. The van der Waals surface area contributed by atoms with Crippen LogP contribution in [0.1, 0.15) is 5.69 Å². The molecule has 0 fully saturated rings. The summed E-state index contributed by atoms with van der Waals surface area (Å²) in [5, 5.41) is 1.14. The monoisotopic (exact) mass is 367 g/mol. The predicted octanol–water partition coefficient (Wildman–Crippen LogP) is 3.39. The first-order valence-electron chi connectivity index (χ1n) is 9.00. The van der Waals surface area contributed by atoms with E-state index in [1.165, 1.54) is 0 Å². The van der Waals surface area contributed by atoms with Crippen LogP contribution in [0, 0.1) is 0 Å². The fourth-order valence-corrected chi connectivity index (χ4v) is 3.41. The summed E-state index contributed by atoms with van der Waals surface area (Å²) in [5.74, 6) is 0. The molecule has 0 saturated heterocycles. The molecule has 136 valence electrons. The Morgan fingerprint density at radius 1 is 1.00 bits per heavy atom. The van der Waals surface area contributed by atoms with Gasteiger partial charge >= 0.3 is 0 Å². The van der Waals surface area contributed by atoms with Gasteiger partial charge in [-0.3, -0.25) is 14.3 Å². The number of rotatable bonds is 3. The molecular formula is C22H17N5O. The third kappa shape index (κ3) is 2.75. The number of aryl methyl sites for hydroxylation is 1. The molecule has 0 radical (unpaired) electrons. The first kappa shape index (κ1) is 16.4. The van der Waals surface area contributed by atoms with Gasteiger partial charge < -0.3 is 4.57 Å². The van der Waals surface area contributed by atoms with Crippen LogP contribution in [0.25, 0.3) is 33.2 Å². The number of aromatic nitrogens is 5. The van der Waals surface area contributed by atoms with E-state index in [4.69, 9.17) is 0 Å². The molecule has 0 aliphatic rings. The fraction of sp³-hybridized carbons (Fsp3) is 0.0909. The summed E-state index contributed by atoms with van der Waals surface area (Å²) in [6.07, 6.45) is 5.30. The highest BCUT2D eigenvalue weighted by Crippen LogP contribution is 2.24. The van der Waals surface area contributed by atoms with Crippen LogP contribution in [-0.2, 0) is 13.6 Å². The van der Waals surface area contributed by atoms with Crippen LogP contribution in [-0.4, -0.2) is 24.1 Å². The van der Waals surface area contributed by atoms with Crippen LogP contribution in [0.15, 0.2) is 78.1 Å². The van der Waals surface area contributed by atoms with Gasteiger partial charge in [0.2, 0.25) is 0 Å². The number of hydrogen-bond acceptors (Lipinski definition) is 4. The molecule has 6 nitrogen and oxygen atoms in total. The summed E-state index contributed by atoms with van der Waals surface area (Å²) in [4.78, 5) is 26.3. The topological polar surface area (TPSA) is 65.6 Å². The largest absolute Gasteiger partial charge is 0.351 e. The van der Waals surface area contributed by atoms with Gasteiger partial charge in [-0.2, -0.15) is 0 Å². The SMILES string of the molecule is Cn1ccc2cc(-c3ccc4ncn(Cc5ccccn5)c(=O)c4n3)ccc21. The molecule has 5 aromatic rings. The van der Waals surface area contributed by atoms with Gasteiger partial charge in [0.1, 0.15) is 0 Å².